The molecular weight excluding hydrogens is 308 g/mol. The normalized spacial score (nSPS) is 19.8. The monoisotopic (exact) mass is 328 g/mol. The Morgan fingerprint density at radius 2 is 1.96 bits per heavy atom. The average Bonchev–Trinajstić information content (AvgIpc) is 3.35. The van der Waals surface area contributed by atoms with Crippen LogP contribution < -0.4 is 0 Å². The molecule has 0 unspecified atom stereocenters. The predicted octanol–water partition coefficient (Wildman–Crippen LogP) is 1.49. The number of ether oxygens (including phenoxy) is 2. The number of imidazole rings is 1. The molecule has 2 aromatic rings. The first-order valence-corrected chi connectivity index (χ1v) is 8.28. The molecule has 4 heterocycles. The Morgan fingerprint density at radius 1 is 1.17 bits per heavy atom. The van der Waals surface area contributed by atoms with Crippen molar-refractivity contribution in [3.8, 4) is 5.82 Å². The molecule has 2 aliphatic rings. The van der Waals surface area contributed by atoms with Crippen LogP contribution in [-0.2, 0) is 9.47 Å². The summed E-state index contributed by atoms with van der Waals surface area (Å²) < 4.78 is 13.0. The van der Waals surface area contributed by atoms with Gasteiger partial charge >= 0.3 is 0 Å². The Morgan fingerprint density at radius 3 is 2.58 bits per heavy atom. The lowest BCUT2D eigenvalue weighted by molar-refractivity contribution is -0.0956. The molecule has 7 nitrogen and oxygen atoms in total. The first-order valence-electron chi connectivity index (χ1n) is 8.28. The van der Waals surface area contributed by atoms with Crippen molar-refractivity contribution in [1.29, 1.82) is 0 Å². The van der Waals surface area contributed by atoms with Gasteiger partial charge in [-0.3, -0.25) is 9.36 Å². The Balaban J connectivity index is 1.37. The lowest BCUT2D eigenvalue weighted by Gasteiger charge is -2.33. The summed E-state index contributed by atoms with van der Waals surface area (Å²) in [6, 6.07) is 3.65. The average molecular weight is 328 g/mol. The van der Waals surface area contributed by atoms with Crippen LogP contribution in [0, 0.1) is 5.92 Å². The van der Waals surface area contributed by atoms with Gasteiger partial charge in [0.15, 0.2) is 6.29 Å². The number of hydrogen-bond donors (Lipinski definition) is 0. The molecule has 2 saturated heterocycles. The Hall–Kier alpha value is -2.25. The number of pyridine rings is 1. The highest BCUT2D eigenvalue weighted by Gasteiger charge is 2.32. The predicted molar refractivity (Wildman–Crippen MR) is 85.7 cm³/mol. The van der Waals surface area contributed by atoms with E-state index in [1.54, 1.807) is 23.3 Å². The molecular formula is C17H20N4O3. The molecule has 0 aliphatic carbocycles. The zero-order valence-corrected chi connectivity index (χ0v) is 13.4. The van der Waals surface area contributed by atoms with E-state index in [2.05, 4.69) is 9.97 Å². The van der Waals surface area contributed by atoms with Gasteiger partial charge in [-0.05, 0) is 25.0 Å². The van der Waals surface area contributed by atoms with Gasteiger partial charge in [0.05, 0.1) is 18.8 Å². The number of likely N-dealkylation sites (tertiary alicyclic amines) is 1. The maximum atomic E-state index is 12.6. The lowest BCUT2D eigenvalue weighted by Crippen LogP contribution is -2.41. The molecule has 7 heteroatoms. The zero-order chi connectivity index (χ0) is 16.4. The molecule has 0 spiro atoms. The maximum Gasteiger partial charge on any atom is 0.255 e. The van der Waals surface area contributed by atoms with Crippen molar-refractivity contribution in [3.63, 3.8) is 0 Å². The summed E-state index contributed by atoms with van der Waals surface area (Å²) in [5, 5.41) is 0. The van der Waals surface area contributed by atoms with E-state index >= 15 is 0 Å². The van der Waals surface area contributed by atoms with Gasteiger partial charge in [-0.2, -0.15) is 0 Å². The summed E-state index contributed by atoms with van der Waals surface area (Å²) in [7, 11) is 0. The van der Waals surface area contributed by atoms with E-state index in [1.807, 2.05) is 23.2 Å². The first kappa shape index (κ1) is 15.3. The number of hydrogen-bond acceptors (Lipinski definition) is 5. The standard InChI is InChI=1S/C17H20N4O3/c22-16(14-1-2-15(19-11-14)21-8-5-18-12-21)20-6-3-13(4-7-20)17-23-9-10-24-17/h1-2,5,8,11-13,17H,3-4,6-7,9-10H2. The summed E-state index contributed by atoms with van der Waals surface area (Å²) in [5.41, 5.74) is 0.616. The number of piperidine rings is 1. The summed E-state index contributed by atoms with van der Waals surface area (Å²) >= 11 is 0. The number of carbonyl (C=O) groups excluding carboxylic acids is 1. The van der Waals surface area contributed by atoms with Gasteiger partial charge in [0.2, 0.25) is 0 Å². The van der Waals surface area contributed by atoms with Crippen molar-refractivity contribution in [2.45, 2.75) is 19.1 Å². The van der Waals surface area contributed by atoms with E-state index < -0.39 is 0 Å². The summed E-state index contributed by atoms with van der Waals surface area (Å²) in [5.74, 6) is 1.17. The second-order valence-corrected chi connectivity index (χ2v) is 6.11. The molecule has 2 aliphatic heterocycles. The second-order valence-electron chi connectivity index (χ2n) is 6.11. The molecule has 0 aromatic carbocycles. The third-order valence-corrected chi connectivity index (χ3v) is 4.62. The third-order valence-electron chi connectivity index (χ3n) is 4.62. The number of rotatable bonds is 3. The summed E-state index contributed by atoms with van der Waals surface area (Å²) in [4.78, 5) is 22.9. The Kier molecular flexibility index (Phi) is 4.27. The van der Waals surface area contributed by atoms with E-state index in [0.29, 0.717) is 24.7 Å². The van der Waals surface area contributed by atoms with E-state index in [0.717, 1.165) is 31.7 Å². The van der Waals surface area contributed by atoms with Gasteiger partial charge in [-0.15, -0.1) is 0 Å². The minimum Gasteiger partial charge on any atom is -0.350 e. The minimum atomic E-state index is -0.0848. The van der Waals surface area contributed by atoms with E-state index in [1.165, 1.54) is 0 Å². The molecule has 2 aromatic heterocycles. The maximum absolute atomic E-state index is 12.6. The van der Waals surface area contributed by atoms with Gasteiger partial charge < -0.3 is 14.4 Å². The van der Waals surface area contributed by atoms with Crippen molar-refractivity contribution in [2.75, 3.05) is 26.3 Å². The molecule has 0 bridgehead atoms. The van der Waals surface area contributed by atoms with Gasteiger partial charge in [0, 0.05) is 37.6 Å². The number of nitrogens with zero attached hydrogens (tertiary/aromatic N) is 4. The van der Waals surface area contributed by atoms with Crippen molar-refractivity contribution >= 4 is 5.91 Å². The largest absolute Gasteiger partial charge is 0.350 e. The smallest absolute Gasteiger partial charge is 0.255 e. The van der Waals surface area contributed by atoms with Crippen molar-refractivity contribution in [1.82, 2.24) is 19.4 Å². The fourth-order valence-corrected chi connectivity index (χ4v) is 3.27. The van der Waals surface area contributed by atoms with Crippen LogP contribution in [0.2, 0.25) is 0 Å². The second kappa shape index (κ2) is 6.70. The van der Waals surface area contributed by atoms with Crippen LogP contribution >= 0.6 is 0 Å². The van der Waals surface area contributed by atoms with Gasteiger partial charge in [-0.1, -0.05) is 0 Å². The van der Waals surface area contributed by atoms with Crippen LogP contribution in [0.4, 0.5) is 0 Å². The van der Waals surface area contributed by atoms with Gasteiger partial charge in [-0.25, -0.2) is 9.97 Å². The summed E-state index contributed by atoms with van der Waals surface area (Å²) in [6.45, 7) is 2.82. The topological polar surface area (TPSA) is 69.5 Å². The molecule has 2 fully saturated rings. The highest BCUT2D eigenvalue weighted by Crippen LogP contribution is 2.26. The molecule has 126 valence electrons. The molecule has 0 radical (unpaired) electrons. The number of aromatic nitrogens is 3. The van der Waals surface area contributed by atoms with Crippen LogP contribution in [-0.4, -0.2) is 57.9 Å². The minimum absolute atomic E-state index is 0.0337. The third kappa shape index (κ3) is 3.05. The van der Waals surface area contributed by atoms with Crippen LogP contribution in [0.3, 0.4) is 0 Å². The molecule has 0 atom stereocenters. The Bertz CT molecular complexity index is 672. The molecule has 24 heavy (non-hydrogen) atoms. The van der Waals surface area contributed by atoms with Crippen molar-refractivity contribution < 1.29 is 14.3 Å². The number of amides is 1. The molecule has 0 saturated carbocycles. The molecule has 4 rings (SSSR count). The van der Waals surface area contributed by atoms with Gasteiger partial charge in [0.1, 0.15) is 12.1 Å². The van der Waals surface area contributed by atoms with Gasteiger partial charge in [0.25, 0.3) is 5.91 Å². The van der Waals surface area contributed by atoms with Crippen molar-refractivity contribution in [2.24, 2.45) is 5.92 Å². The van der Waals surface area contributed by atoms with Crippen LogP contribution in [0.25, 0.3) is 5.82 Å². The Labute approximate surface area is 140 Å². The molecule has 0 N–H and O–H groups in total. The first-order chi connectivity index (χ1) is 11.8. The van der Waals surface area contributed by atoms with E-state index in [4.69, 9.17) is 9.47 Å². The highest BCUT2D eigenvalue weighted by atomic mass is 16.7. The molecule has 1 amide bonds. The van der Waals surface area contributed by atoms with Crippen LogP contribution in [0.5, 0.6) is 0 Å². The summed E-state index contributed by atoms with van der Waals surface area (Å²) in [6.07, 6.45) is 8.57. The fraction of sp³-hybridized carbons (Fsp3) is 0.471. The number of carbonyl (C=O) groups is 1. The van der Waals surface area contributed by atoms with E-state index in [9.17, 15) is 4.79 Å². The lowest BCUT2D eigenvalue weighted by atomic mass is 9.96. The van der Waals surface area contributed by atoms with E-state index in [-0.39, 0.29) is 12.2 Å². The van der Waals surface area contributed by atoms with Crippen LogP contribution in [0.1, 0.15) is 23.2 Å². The van der Waals surface area contributed by atoms with Crippen LogP contribution in [0.15, 0.2) is 37.1 Å². The quantitative estimate of drug-likeness (QED) is 0.854. The van der Waals surface area contributed by atoms with Crippen molar-refractivity contribution in [3.05, 3.63) is 42.6 Å². The fourth-order valence-electron chi connectivity index (χ4n) is 3.27. The SMILES string of the molecule is O=C(c1ccc(-n2ccnc2)nc1)N1CCC(C2OCCO2)CC1. The zero-order valence-electron chi connectivity index (χ0n) is 13.4. The highest BCUT2D eigenvalue weighted by molar-refractivity contribution is 5.94.